The maximum atomic E-state index is 13.8. The van der Waals surface area contributed by atoms with Gasteiger partial charge in [-0.3, -0.25) is 0 Å². The molecule has 27 heavy (non-hydrogen) atoms. The summed E-state index contributed by atoms with van der Waals surface area (Å²) in [5.41, 5.74) is 2.86. The number of aryl methyl sites for hydroxylation is 1. The van der Waals surface area contributed by atoms with E-state index in [1.165, 1.54) is 6.07 Å². The van der Waals surface area contributed by atoms with Gasteiger partial charge in [0.15, 0.2) is 5.65 Å². The molecule has 2 heterocycles. The zero-order chi connectivity index (χ0) is 19.0. The number of fused-ring (bicyclic) bond motifs is 1. The molecule has 0 aliphatic rings. The number of benzene rings is 2. The van der Waals surface area contributed by atoms with E-state index in [1.54, 1.807) is 43.0 Å². The summed E-state index contributed by atoms with van der Waals surface area (Å²) in [5.74, 6) is 0.694. The van der Waals surface area contributed by atoms with Gasteiger partial charge in [-0.1, -0.05) is 18.2 Å². The lowest BCUT2D eigenvalue weighted by molar-refractivity contribution is 0.153. The smallest absolute Gasteiger partial charge is 0.264 e. The van der Waals surface area contributed by atoms with Gasteiger partial charge in [0.1, 0.15) is 5.75 Å². The van der Waals surface area contributed by atoms with Crippen LogP contribution in [0, 0.1) is 6.92 Å². The molecule has 2 aromatic carbocycles. The first kappa shape index (κ1) is 17.1. The molecule has 6 heteroatoms. The van der Waals surface area contributed by atoms with Crippen LogP contribution in [0.5, 0.6) is 5.75 Å². The number of methoxy groups -OCH3 is 1. The minimum atomic E-state index is -2.63. The fraction of sp³-hybridized carbons (Fsp3) is 0.143. The molecule has 0 atom stereocenters. The molecular formula is C21H17F2N3O. The van der Waals surface area contributed by atoms with Crippen LogP contribution in [0.25, 0.3) is 28.0 Å². The van der Waals surface area contributed by atoms with Crippen molar-refractivity contribution in [2.75, 3.05) is 7.11 Å². The molecule has 2 aromatic heterocycles. The summed E-state index contributed by atoms with van der Waals surface area (Å²) in [6, 6.07) is 18.0. The molecule has 136 valence electrons. The van der Waals surface area contributed by atoms with Crippen LogP contribution in [0.2, 0.25) is 0 Å². The number of para-hydroxylation sites is 1. The van der Waals surface area contributed by atoms with Gasteiger partial charge in [0.05, 0.1) is 29.6 Å². The molecule has 0 N–H and O–H groups in total. The van der Waals surface area contributed by atoms with Crippen molar-refractivity contribution >= 4 is 11.0 Å². The Morgan fingerprint density at radius 3 is 2.33 bits per heavy atom. The minimum Gasteiger partial charge on any atom is -0.497 e. The van der Waals surface area contributed by atoms with Crippen LogP contribution in [-0.4, -0.2) is 21.9 Å². The Hall–Kier alpha value is -3.28. The average Bonchev–Trinajstić information content (AvgIpc) is 3.04. The summed E-state index contributed by atoms with van der Waals surface area (Å²) >= 11 is 0. The van der Waals surface area contributed by atoms with Gasteiger partial charge in [-0.25, -0.2) is 18.4 Å². The molecule has 0 fully saturated rings. The van der Waals surface area contributed by atoms with Crippen molar-refractivity contribution in [2.45, 2.75) is 13.3 Å². The number of halogens is 2. The highest BCUT2D eigenvalue weighted by atomic mass is 19.3. The van der Waals surface area contributed by atoms with Gasteiger partial charge in [-0.05, 0) is 49.4 Å². The lowest BCUT2D eigenvalue weighted by Gasteiger charge is -2.09. The molecular weight excluding hydrogens is 348 g/mol. The molecule has 0 amide bonds. The van der Waals surface area contributed by atoms with Crippen molar-refractivity contribution in [1.82, 2.24) is 14.8 Å². The van der Waals surface area contributed by atoms with E-state index in [9.17, 15) is 8.78 Å². The quantitative estimate of drug-likeness (QED) is 0.490. The van der Waals surface area contributed by atoms with Crippen molar-refractivity contribution in [2.24, 2.45) is 0 Å². The lowest BCUT2D eigenvalue weighted by Crippen LogP contribution is -1.99. The van der Waals surface area contributed by atoms with Crippen molar-refractivity contribution in [3.8, 4) is 22.7 Å². The number of alkyl halides is 2. The first-order valence-electron chi connectivity index (χ1n) is 8.46. The Kier molecular flexibility index (Phi) is 4.32. The Morgan fingerprint density at radius 2 is 1.70 bits per heavy atom. The van der Waals surface area contributed by atoms with Gasteiger partial charge in [-0.15, -0.1) is 0 Å². The SMILES string of the molecule is COc1ccc(-c2cc(C(F)F)c3c(C)nn(-c4ccccc4)c3n2)cc1. The average molecular weight is 365 g/mol. The predicted octanol–water partition coefficient (Wildman–Crippen LogP) is 5.34. The molecule has 0 aliphatic carbocycles. The highest BCUT2D eigenvalue weighted by Crippen LogP contribution is 2.34. The third-order valence-electron chi connectivity index (χ3n) is 4.46. The van der Waals surface area contributed by atoms with Gasteiger partial charge < -0.3 is 4.74 Å². The molecule has 0 saturated carbocycles. The topological polar surface area (TPSA) is 39.9 Å². The van der Waals surface area contributed by atoms with Crippen LogP contribution < -0.4 is 4.74 Å². The van der Waals surface area contributed by atoms with E-state index >= 15 is 0 Å². The molecule has 0 aliphatic heterocycles. The standard InChI is InChI=1S/C21H17F2N3O/c1-13-19-17(20(22)23)12-18(14-8-10-16(27-2)11-9-14)24-21(19)26(25-13)15-6-4-3-5-7-15/h3-12,20H,1-2H3. The summed E-state index contributed by atoms with van der Waals surface area (Å²) in [6.07, 6.45) is -2.63. The van der Waals surface area contributed by atoms with Crippen LogP contribution in [0.4, 0.5) is 8.78 Å². The van der Waals surface area contributed by atoms with Crippen molar-refractivity contribution < 1.29 is 13.5 Å². The Morgan fingerprint density at radius 1 is 1.00 bits per heavy atom. The van der Waals surface area contributed by atoms with Gasteiger partial charge in [0.25, 0.3) is 6.43 Å². The van der Waals surface area contributed by atoms with E-state index in [-0.39, 0.29) is 5.56 Å². The summed E-state index contributed by atoms with van der Waals surface area (Å²) in [6.45, 7) is 1.72. The number of hydrogen-bond acceptors (Lipinski definition) is 3. The van der Waals surface area contributed by atoms with Gasteiger partial charge in [0, 0.05) is 11.1 Å². The molecule has 0 unspecified atom stereocenters. The largest absolute Gasteiger partial charge is 0.497 e. The second kappa shape index (κ2) is 6.79. The lowest BCUT2D eigenvalue weighted by atomic mass is 10.1. The van der Waals surface area contributed by atoms with E-state index in [4.69, 9.17) is 4.74 Å². The monoisotopic (exact) mass is 365 g/mol. The van der Waals surface area contributed by atoms with Crippen molar-refractivity contribution in [3.63, 3.8) is 0 Å². The van der Waals surface area contributed by atoms with E-state index in [2.05, 4.69) is 10.1 Å². The molecule has 0 spiro atoms. The van der Waals surface area contributed by atoms with E-state index in [1.807, 2.05) is 30.3 Å². The summed E-state index contributed by atoms with van der Waals surface area (Å²) in [4.78, 5) is 4.67. The molecule has 4 nitrogen and oxygen atoms in total. The fourth-order valence-corrected chi connectivity index (χ4v) is 3.15. The number of aromatic nitrogens is 3. The fourth-order valence-electron chi connectivity index (χ4n) is 3.15. The van der Waals surface area contributed by atoms with Gasteiger partial charge >= 0.3 is 0 Å². The summed E-state index contributed by atoms with van der Waals surface area (Å²) in [7, 11) is 1.58. The van der Waals surface area contributed by atoms with Crippen LogP contribution in [-0.2, 0) is 0 Å². The summed E-state index contributed by atoms with van der Waals surface area (Å²) < 4.78 is 34.4. The first-order chi connectivity index (χ1) is 13.1. The molecule has 0 bridgehead atoms. The van der Waals surface area contributed by atoms with Crippen LogP contribution in [0.3, 0.4) is 0 Å². The van der Waals surface area contributed by atoms with Crippen LogP contribution in [0.15, 0.2) is 60.7 Å². The van der Waals surface area contributed by atoms with Crippen molar-refractivity contribution in [1.29, 1.82) is 0 Å². The second-order valence-corrected chi connectivity index (χ2v) is 6.16. The minimum absolute atomic E-state index is 0.0644. The van der Waals surface area contributed by atoms with Gasteiger partial charge in [0.2, 0.25) is 0 Å². The van der Waals surface area contributed by atoms with E-state index < -0.39 is 6.43 Å². The van der Waals surface area contributed by atoms with E-state index in [0.29, 0.717) is 28.2 Å². The maximum Gasteiger partial charge on any atom is 0.264 e. The molecule has 0 saturated heterocycles. The number of hydrogen-bond donors (Lipinski definition) is 0. The third-order valence-corrected chi connectivity index (χ3v) is 4.46. The first-order valence-corrected chi connectivity index (χ1v) is 8.46. The highest BCUT2D eigenvalue weighted by Gasteiger charge is 2.21. The number of nitrogens with zero attached hydrogens (tertiary/aromatic N) is 3. The molecule has 4 aromatic rings. The van der Waals surface area contributed by atoms with Crippen LogP contribution >= 0.6 is 0 Å². The second-order valence-electron chi connectivity index (χ2n) is 6.16. The number of ether oxygens (including phenoxy) is 1. The number of rotatable bonds is 4. The summed E-state index contributed by atoms with van der Waals surface area (Å²) in [5, 5.41) is 4.86. The van der Waals surface area contributed by atoms with Crippen LogP contribution in [0.1, 0.15) is 17.7 Å². The highest BCUT2D eigenvalue weighted by molar-refractivity contribution is 5.86. The Bertz CT molecular complexity index is 1090. The predicted molar refractivity (Wildman–Crippen MR) is 101 cm³/mol. The normalized spacial score (nSPS) is 11.3. The maximum absolute atomic E-state index is 13.8. The molecule has 4 rings (SSSR count). The number of pyridine rings is 1. The Labute approximate surface area is 155 Å². The Balaban J connectivity index is 1.98. The van der Waals surface area contributed by atoms with Gasteiger partial charge in [-0.2, -0.15) is 5.10 Å². The van der Waals surface area contributed by atoms with E-state index in [0.717, 1.165) is 11.3 Å². The third kappa shape index (κ3) is 3.03. The zero-order valence-electron chi connectivity index (χ0n) is 14.9. The zero-order valence-corrected chi connectivity index (χ0v) is 14.9. The van der Waals surface area contributed by atoms with Crippen molar-refractivity contribution in [3.05, 3.63) is 71.9 Å². The molecule has 0 radical (unpaired) electrons.